The van der Waals surface area contributed by atoms with Gasteiger partial charge in [0.1, 0.15) is 5.41 Å². The van der Waals surface area contributed by atoms with Gasteiger partial charge in [0, 0.05) is 18.2 Å². The van der Waals surface area contributed by atoms with E-state index in [9.17, 15) is 13.2 Å². The monoisotopic (exact) mass is 339 g/mol. The van der Waals surface area contributed by atoms with Crippen LogP contribution >= 0.6 is 0 Å². The average molecular weight is 339 g/mol. The molecule has 0 amide bonds. The number of carbonyl (C=O) groups is 1. The van der Waals surface area contributed by atoms with Gasteiger partial charge in [-0.1, -0.05) is 38.1 Å². The van der Waals surface area contributed by atoms with E-state index in [2.05, 4.69) is 6.92 Å². The number of aryl methyl sites for hydroxylation is 1. The van der Waals surface area contributed by atoms with Crippen LogP contribution in [0.2, 0.25) is 0 Å². The van der Waals surface area contributed by atoms with Gasteiger partial charge in [-0.2, -0.15) is 0 Å². The van der Waals surface area contributed by atoms with Gasteiger partial charge in [-0.3, -0.25) is 4.79 Å². The Kier molecular flexibility index (Phi) is 5.16. The van der Waals surface area contributed by atoms with Crippen molar-refractivity contribution in [1.82, 2.24) is 0 Å². The van der Waals surface area contributed by atoms with E-state index in [1.165, 1.54) is 5.56 Å². The van der Waals surface area contributed by atoms with E-state index < -0.39 is 32.4 Å². The summed E-state index contributed by atoms with van der Waals surface area (Å²) in [4.78, 5) is 12.5. The summed E-state index contributed by atoms with van der Waals surface area (Å²) >= 11 is 0. The molecule has 1 aromatic rings. The van der Waals surface area contributed by atoms with Crippen molar-refractivity contribution in [3.63, 3.8) is 0 Å². The highest BCUT2D eigenvalue weighted by molar-refractivity contribution is 7.92. The van der Waals surface area contributed by atoms with E-state index in [4.69, 9.17) is 10.5 Å². The van der Waals surface area contributed by atoms with Crippen LogP contribution in [-0.2, 0) is 25.8 Å². The molecule has 0 spiro atoms. The second kappa shape index (κ2) is 6.61. The average Bonchev–Trinajstić information content (AvgIpc) is 3.26. The zero-order valence-electron chi connectivity index (χ0n) is 13.9. The Morgan fingerprint density at radius 1 is 1.22 bits per heavy atom. The summed E-state index contributed by atoms with van der Waals surface area (Å²) in [5.41, 5.74) is 6.71. The number of hydrogen-bond donors (Lipinski definition) is 1. The van der Waals surface area contributed by atoms with Crippen LogP contribution in [-0.4, -0.2) is 38.5 Å². The zero-order valence-corrected chi connectivity index (χ0v) is 14.7. The fraction of sp³-hybridized carbons (Fsp3) is 0.588. The number of carbonyl (C=O) groups excluding carboxylic acids is 1. The summed E-state index contributed by atoms with van der Waals surface area (Å²) in [7, 11) is -3.40. The molecule has 0 aromatic heterocycles. The lowest BCUT2D eigenvalue weighted by Gasteiger charge is -2.14. The SMILES string of the molecule is CCOC(=O)[C@]1(CN)[C@H](c2ccc(CC)cc2)[C@H]1S(=O)(=O)CC. The van der Waals surface area contributed by atoms with Crippen molar-refractivity contribution in [2.75, 3.05) is 18.9 Å². The fourth-order valence-electron chi connectivity index (χ4n) is 3.38. The van der Waals surface area contributed by atoms with Gasteiger partial charge in [-0.15, -0.1) is 0 Å². The lowest BCUT2D eigenvalue weighted by atomic mass is 9.98. The number of rotatable bonds is 7. The molecule has 2 N–H and O–H groups in total. The molecule has 1 saturated carbocycles. The maximum atomic E-state index is 12.5. The van der Waals surface area contributed by atoms with Crippen LogP contribution in [0.25, 0.3) is 0 Å². The summed E-state index contributed by atoms with van der Waals surface area (Å²) in [5, 5.41) is -0.795. The molecule has 23 heavy (non-hydrogen) atoms. The molecule has 5 nitrogen and oxygen atoms in total. The number of hydrogen-bond acceptors (Lipinski definition) is 5. The fourth-order valence-corrected chi connectivity index (χ4v) is 5.46. The predicted octanol–water partition coefficient (Wildman–Crippen LogP) is 1.66. The Labute approximate surface area is 138 Å². The number of ether oxygens (including phenoxy) is 1. The van der Waals surface area contributed by atoms with Crippen molar-refractivity contribution < 1.29 is 17.9 Å². The Bertz CT molecular complexity index is 668. The molecule has 0 radical (unpaired) electrons. The lowest BCUT2D eigenvalue weighted by Crippen LogP contribution is -2.34. The molecule has 1 aliphatic carbocycles. The summed E-state index contributed by atoms with van der Waals surface area (Å²) in [6.07, 6.45) is 0.904. The van der Waals surface area contributed by atoms with Crippen LogP contribution < -0.4 is 5.73 Å². The Balaban J connectivity index is 2.47. The number of nitrogens with two attached hydrogens (primary N) is 1. The summed E-state index contributed by atoms with van der Waals surface area (Å²) < 4.78 is 30.1. The highest BCUT2D eigenvalue weighted by atomic mass is 32.2. The predicted molar refractivity (Wildman–Crippen MR) is 89.9 cm³/mol. The molecular weight excluding hydrogens is 314 g/mol. The molecule has 0 heterocycles. The number of sulfone groups is 1. The van der Waals surface area contributed by atoms with Gasteiger partial charge in [-0.05, 0) is 24.5 Å². The van der Waals surface area contributed by atoms with E-state index in [-0.39, 0.29) is 18.9 Å². The van der Waals surface area contributed by atoms with E-state index in [1.807, 2.05) is 24.3 Å². The zero-order chi connectivity index (χ0) is 17.3. The maximum Gasteiger partial charge on any atom is 0.315 e. The molecule has 0 saturated heterocycles. The smallest absolute Gasteiger partial charge is 0.315 e. The maximum absolute atomic E-state index is 12.5. The van der Waals surface area contributed by atoms with Gasteiger partial charge < -0.3 is 10.5 Å². The third-order valence-corrected chi connectivity index (χ3v) is 7.06. The minimum atomic E-state index is -3.40. The highest BCUT2D eigenvalue weighted by Crippen LogP contribution is 2.63. The molecule has 0 unspecified atom stereocenters. The van der Waals surface area contributed by atoms with Gasteiger partial charge >= 0.3 is 5.97 Å². The van der Waals surface area contributed by atoms with E-state index in [0.29, 0.717) is 0 Å². The molecule has 2 rings (SSSR count). The first-order valence-electron chi connectivity index (χ1n) is 8.06. The minimum Gasteiger partial charge on any atom is -0.465 e. The topological polar surface area (TPSA) is 86.5 Å². The Hall–Kier alpha value is -1.40. The molecule has 1 aromatic carbocycles. The lowest BCUT2D eigenvalue weighted by molar-refractivity contribution is -0.149. The highest BCUT2D eigenvalue weighted by Gasteiger charge is 2.74. The van der Waals surface area contributed by atoms with Crippen LogP contribution in [0.3, 0.4) is 0 Å². The van der Waals surface area contributed by atoms with E-state index in [1.54, 1.807) is 13.8 Å². The van der Waals surface area contributed by atoms with Gasteiger partial charge in [0.05, 0.1) is 11.9 Å². The molecule has 6 heteroatoms. The van der Waals surface area contributed by atoms with E-state index >= 15 is 0 Å². The van der Waals surface area contributed by atoms with Gasteiger partial charge in [-0.25, -0.2) is 8.42 Å². The molecule has 128 valence electrons. The van der Waals surface area contributed by atoms with Crippen molar-refractivity contribution in [1.29, 1.82) is 0 Å². The van der Waals surface area contributed by atoms with Gasteiger partial charge in [0.2, 0.25) is 0 Å². The first-order valence-corrected chi connectivity index (χ1v) is 9.78. The summed E-state index contributed by atoms with van der Waals surface area (Å²) in [6.45, 7) is 5.53. The number of benzene rings is 1. The second-order valence-electron chi connectivity index (χ2n) is 5.91. The Morgan fingerprint density at radius 2 is 1.83 bits per heavy atom. The van der Waals surface area contributed by atoms with Gasteiger partial charge in [0.25, 0.3) is 0 Å². The molecule has 3 atom stereocenters. The molecule has 1 fully saturated rings. The minimum absolute atomic E-state index is 0.0115. The van der Waals surface area contributed by atoms with Crippen molar-refractivity contribution in [2.24, 2.45) is 11.1 Å². The van der Waals surface area contributed by atoms with E-state index in [0.717, 1.165) is 12.0 Å². The summed E-state index contributed by atoms with van der Waals surface area (Å²) in [5.74, 6) is -0.945. The van der Waals surface area contributed by atoms with Crippen molar-refractivity contribution >= 4 is 15.8 Å². The van der Waals surface area contributed by atoms with Crippen LogP contribution in [0.15, 0.2) is 24.3 Å². The van der Waals surface area contributed by atoms with Crippen LogP contribution in [0.4, 0.5) is 0 Å². The van der Waals surface area contributed by atoms with Crippen molar-refractivity contribution in [2.45, 2.75) is 38.4 Å². The summed E-state index contributed by atoms with van der Waals surface area (Å²) in [6, 6.07) is 7.74. The number of esters is 1. The van der Waals surface area contributed by atoms with Crippen molar-refractivity contribution in [3.05, 3.63) is 35.4 Å². The quantitative estimate of drug-likeness (QED) is 0.764. The molecule has 0 bridgehead atoms. The first kappa shape index (κ1) is 17.9. The molecule has 1 aliphatic rings. The second-order valence-corrected chi connectivity index (χ2v) is 8.32. The van der Waals surface area contributed by atoms with Crippen LogP contribution in [0, 0.1) is 5.41 Å². The standard InChI is InChI=1S/C17H25NO4S/c1-4-12-7-9-13(10-8-12)14-15(23(20,21)6-3)17(14,11-18)16(19)22-5-2/h7-10,14-15H,4-6,11,18H2,1-3H3/t14-,15-,17-/m1/s1. The van der Waals surface area contributed by atoms with Gasteiger partial charge in [0.15, 0.2) is 9.84 Å². The van der Waals surface area contributed by atoms with Crippen LogP contribution in [0.5, 0.6) is 0 Å². The third-order valence-electron chi connectivity index (χ3n) is 4.79. The van der Waals surface area contributed by atoms with Crippen LogP contribution in [0.1, 0.15) is 37.8 Å². The third kappa shape index (κ3) is 2.90. The normalized spacial score (nSPS) is 26.8. The molecule has 0 aliphatic heterocycles. The Morgan fingerprint density at radius 3 is 2.26 bits per heavy atom. The first-order chi connectivity index (χ1) is 10.9. The largest absolute Gasteiger partial charge is 0.465 e. The van der Waals surface area contributed by atoms with Crippen molar-refractivity contribution in [3.8, 4) is 0 Å². The molecular formula is C17H25NO4S.